The standard InChI is InChI=1S/C9H9ClO2S/c1-2-8-3-5-9(6-4-8)7-13(10,11)12/h2-6H,1,7H2. The normalized spacial score (nSPS) is 11.2. The second-order valence-corrected chi connectivity index (χ2v) is 5.41. The van der Waals surface area contributed by atoms with Crippen molar-refractivity contribution in [3.8, 4) is 0 Å². The monoisotopic (exact) mass is 216 g/mol. The fourth-order valence-electron chi connectivity index (χ4n) is 0.949. The van der Waals surface area contributed by atoms with Crippen LogP contribution in [0.5, 0.6) is 0 Å². The summed E-state index contributed by atoms with van der Waals surface area (Å²) >= 11 is 0. The van der Waals surface area contributed by atoms with Crippen LogP contribution in [0.25, 0.3) is 6.08 Å². The molecule has 0 amide bonds. The molecule has 0 aromatic heterocycles. The Bertz CT molecular complexity index is 392. The first-order chi connectivity index (χ1) is 6.01. The minimum absolute atomic E-state index is 0.133. The van der Waals surface area contributed by atoms with Gasteiger partial charge in [-0.3, -0.25) is 0 Å². The first-order valence-electron chi connectivity index (χ1n) is 3.65. The smallest absolute Gasteiger partial charge is 0.212 e. The third-order valence-electron chi connectivity index (χ3n) is 1.55. The molecule has 0 spiro atoms. The summed E-state index contributed by atoms with van der Waals surface area (Å²) in [5.74, 6) is -0.133. The minimum atomic E-state index is -3.45. The Balaban J connectivity index is 2.87. The lowest BCUT2D eigenvalue weighted by Gasteiger charge is -1.98. The van der Waals surface area contributed by atoms with Crippen molar-refractivity contribution in [3.05, 3.63) is 42.0 Å². The molecule has 1 rings (SSSR count). The number of hydrogen-bond acceptors (Lipinski definition) is 2. The van der Waals surface area contributed by atoms with E-state index in [1.807, 2.05) is 0 Å². The third-order valence-corrected chi connectivity index (χ3v) is 2.56. The van der Waals surface area contributed by atoms with Crippen molar-refractivity contribution >= 4 is 25.8 Å². The molecule has 4 heteroatoms. The maximum Gasteiger partial charge on any atom is 0.236 e. The van der Waals surface area contributed by atoms with E-state index in [1.54, 1.807) is 30.3 Å². The van der Waals surface area contributed by atoms with Crippen LogP contribution in [0.15, 0.2) is 30.8 Å². The van der Waals surface area contributed by atoms with E-state index >= 15 is 0 Å². The lowest BCUT2D eigenvalue weighted by molar-refractivity contribution is 0.609. The van der Waals surface area contributed by atoms with Crippen LogP contribution in [-0.4, -0.2) is 8.42 Å². The molecule has 0 radical (unpaired) electrons. The first-order valence-corrected chi connectivity index (χ1v) is 6.13. The molecule has 13 heavy (non-hydrogen) atoms. The van der Waals surface area contributed by atoms with Crippen LogP contribution in [0.3, 0.4) is 0 Å². The van der Waals surface area contributed by atoms with Gasteiger partial charge in [0, 0.05) is 10.7 Å². The van der Waals surface area contributed by atoms with Crippen LogP contribution in [0, 0.1) is 0 Å². The van der Waals surface area contributed by atoms with Crippen molar-refractivity contribution in [3.63, 3.8) is 0 Å². The Morgan fingerprint density at radius 1 is 1.31 bits per heavy atom. The second kappa shape index (κ2) is 3.94. The highest BCUT2D eigenvalue weighted by atomic mass is 35.7. The lowest BCUT2D eigenvalue weighted by atomic mass is 10.1. The van der Waals surface area contributed by atoms with E-state index in [0.717, 1.165) is 5.56 Å². The first kappa shape index (κ1) is 10.3. The Morgan fingerprint density at radius 2 is 1.85 bits per heavy atom. The van der Waals surface area contributed by atoms with Crippen molar-refractivity contribution in [2.24, 2.45) is 0 Å². The number of rotatable bonds is 3. The van der Waals surface area contributed by atoms with E-state index in [2.05, 4.69) is 6.58 Å². The topological polar surface area (TPSA) is 34.1 Å². The zero-order valence-corrected chi connectivity index (χ0v) is 8.48. The van der Waals surface area contributed by atoms with E-state index in [9.17, 15) is 8.42 Å². The molecule has 0 aliphatic heterocycles. The molecule has 0 heterocycles. The summed E-state index contributed by atoms with van der Waals surface area (Å²) in [5.41, 5.74) is 1.64. The van der Waals surface area contributed by atoms with Gasteiger partial charge in [-0.15, -0.1) is 0 Å². The van der Waals surface area contributed by atoms with Gasteiger partial charge >= 0.3 is 0 Å². The molecule has 0 bridgehead atoms. The highest BCUT2D eigenvalue weighted by Crippen LogP contribution is 2.11. The number of halogens is 1. The van der Waals surface area contributed by atoms with Gasteiger partial charge in [-0.1, -0.05) is 36.9 Å². The molecule has 0 saturated heterocycles. The van der Waals surface area contributed by atoms with Crippen molar-refractivity contribution in [1.82, 2.24) is 0 Å². The molecule has 0 unspecified atom stereocenters. The van der Waals surface area contributed by atoms with Crippen molar-refractivity contribution < 1.29 is 8.42 Å². The van der Waals surface area contributed by atoms with Crippen LogP contribution in [0.1, 0.15) is 11.1 Å². The van der Waals surface area contributed by atoms with Crippen molar-refractivity contribution in [2.45, 2.75) is 5.75 Å². The van der Waals surface area contributed by atoms with Crippen LogP contribution in [0.2, 0.25) is 0 Å². The number of hydrogen-bond donors (Lipinski definition) is 0. The maximum absolute atomic E-state index is 10.7. The second-order valence-electron chi connectivity index (χ2n) is 2.63. The predicted molar refractivity (Wildman–Crippen MR) is 55.0 cm³/mol. The lowest BCUT2D eigenvalue weighted by Crippen LogP contribution is -1.94. The Morgan fingerprint density at radius 3 is 2.23 bits per heavy atom. The third kappa shape index (κ3) is 3.61. The van der Waals surface area contributed by atoms with Gasteiger partial charge in [0.2, 0.25) is 9.05 Å². The average Bonchev–Trinajstić information content (AvgIpc) is 2.03. The summed E-state index contributed by atoms with van der Waals surface area (Å²) in [6.07, 6.45) is 1.69. The van der Waals surface area contributed by atoms with E-state index in [4.69, 9.17) is 10.7 Å². The van der Waals surface area contributed by atoms with Crippen molar-refractivity contribution in [1.29, 1.82) is 0 Å². The van der Waals surface area contributed by atoms with Crippen LogP contribution >= 0.6 is 10.7 Å². The van der Waals surface area contributed by atoms with E-state index in [1.165, 1.54) is 0 Å². The van der Waals surface area contributed by atoms with Gasteiger partial charge in [-0.2, -0.15) is 0 Å². The van der Waals surface area contributed by atoms with E-state index in [-0.39, 0.29) is 5.75 Å². The molecule has 0 aliphatic rings. The van der Waals surface area contributed by atoms with Crippen molar-refractivity contribution in [2.75, 3.05) is 0 Å². The molecule has 70 valence electrons. The molecule has 0 atom stereocenters. The average molecular weight is 217 g/mol. The molecule has 1 aromatic rings. The van der Waals surface area contributed by atoms with E-state index < -0.39 is 9.05 Å². The van der Waals surface area contributed by atoms with Crippen LogP contribution in [0.4, 0.5) is 0 Å². The van der Waals surface area contributed by atoms with Gasteiger partial charge in [0.15, 0.2) is 0 Å². The SMILES string of the molecule is C=Cc1ccc(CS(=O)(=O)Cl)cc1. The van der Waals surface area contributed by atoms with Gasteiger partial charge in [-0.05, 0) is 11.1 Å². The zero-order valence-electron chi connectivity index (χ0n) is 6.90. The Hall–Kier alpha value is -0.800. The molecule has 0 aliphatic carbocycles. The molecule has 1 aromatic carbocycles. The zero-order chi connectivity index (χ0) is 9.90. The van der Waals surface area contributed by atoms with E-state index in [0.29, 0.717) is 5.56 Å². The maximum atomic E-state index is 10.7. The fourth-order valence-corrected chi connectivity index (χ4v) is 1.92. The Kier molecular flexibility index (Phi) is 3.12. The minimum Gasteiger partial charge on any atom is -0.212 e. The summed E-state index contributed by atoms with van der Waals surface area (Å²) in [4.78, 5) is 0. The molecule has 0 N–H and O–H groups in total. The molecular formula is C9H9ClO2S. The highest BCUT2D eigenvalue weighted by Gasteiger charge is 2.05. The quantitative estimate of drug-likeness (QED) is 0.728. The summed E-state index contributed by atoms with van der Waals surface area (Å²) in [6, 6.07) is 7.03. The predicted octanol–water partition coefficient (Wildman–Crippen LogP) is 2.40. The summed E-state index contributed by atoms with van der Waals surface area (Å²) < 4.78 is 21.4. The van der Waals surface area contributed by atoms with Gasteiger partial charge in [-0.25, -0.2) is 8.42 Å². The van der Waals surface area contributed by atoms with Crippen LogP contribution < -0.4 is 0 Å². The van der Waals surface area contributed by atoms with Gasteiger partial charge in [0.25, 0.3) is 0 Å². The number of benzene rings is 1. The highest BCUT2D eigenvalue weighted by molar-refractivity contribution is 8.13. The van der Waals surface area contributed by atoms with Gasteiger partial charge in [0.05, 0.1) is 5.75 Å². The molecular weight excluding hydrogens is 208 g/mol. The molecule has 2 nitrogen and oxygen atoms in total. The molecule has 0 fully saturated rings. The summed E-state index contributed by atoms with van der Waals surface area (Å²) in [6.45, 7) is 3.59. The Labute approximate surface area is 82.3 Å². The largest absolute Gasteiger partial charge is 0.236 e. The van der Waals surface area contributed by atoms with Crippen LogP contribution in [-0.2, 0) is 14.8 Å². The summed E-state index contributed by atoms with van der Waals surface area (Å²) in [5, 5.41) is 0. The van der Waals surface area contributed by atoms with Gasteiger partial charge < -0.3 is 0 Å². The fraction of sp³-hybridized carbons (Fsp3) is 0.111. The summed E-state index contributed by atoms with van der Waals surface area (Å²) in [7, 11) is 1.64. The molecule has 0 saturated carbocycles. The van der Waals surface area contributed by atoms with Gasteiger partial charge in [0.1, 0.15) is 0 Å².